The molecule has 2 rings (SSSR count). The lowest BCUT2D eigenvalue weighted by atomic mass is 10.1. The van der Waals surface area contributed by atoms with E-state index >= 15 is 0 Å². The van der Waals surface area contributed by atoms with Gasteiger partial charge in [-0.25, -0.2) is 0 Å². The summed E-state index contributed by atoms with van der Waals surface area (Å²) in [5, 5.41) is 0. The molecule has 1 aromatic heterocycles. The Morgan fingerprint density at radius 2 is 2.10 bits per heavy atom. The van der Waals surface area contributed by atoms with Crippen molar-refractivity contribution in [1.29, 1.82) is 0 Å². The number of benzene rings is 1. The van der Waals surface area contributed by atoms with E-state index in [1.165, 1.54) is 4.90 Å². The minimum absolute atomic E-state index is 0.0210. The van der Waals surface area contributed by atoms with Gasteiger partial charge in [0.05, 0.1) is 5.56 Å². The molecule has 0 aliphatic carbocycles. The van der Waals surface area contributed by atoms with Crippen LogP contribution in [0, 0.1) is 0 Å². The van der Waals surface area contributed by atoms with Crippen LogP contribution in [0.3, 0.4) is 0 Å². The highest BCUT2D eigenvalue weighted by molar-refractivity contribution is 7.98. The van der Waals surface area contributed by atoms with Gasteiger partial charge in [0.1, 0.15) is 0 Å². The number of carbonyl (C=O) groups is 1. The van der Waals surface area contributed by atoms with Crippen molar-refractivity contribution in [3.05, 3.63) is 59.9 Å². The maximum atomic E-state index is 12.6. The summed E-state index contributed by atoms with van der Waals surface area (Å²) in [5.41, 5.74) is 1.78. The first-order valence-electron chi connectivity index (χ1n) is 6.95. The molecule has 0 saturated carbocycles. The lowest BCUT2D eigenvalue weighted by molar-refractivity contribution is 0.0690. The van der Waals surface area contributed by atoms with E-state index in [0.717, 1.165) is 5.56 Å². The number of rotatable bonds is 5. The number of thioether (sulfide) groups is 1. The Hall–Kier alpha value is -1.81. The fraction of sp³-hybridized carbons (Fsp3) is 0.294. The Morgan fingerprint density at radius 3 is 2.71 bits per heavy atom. The molecule has 2 aromatic rings. The van der Waals surface area contributed by atoms with Crippen LogP contribution >= 0.6 is 11.8 Å². The van der Waals surface area contributed by atoms with E-state index in [0.29, 0.717) is 12.1 Å². The summed E-state index contributed by atoms with van der Waals surface area (Å²) in [6, 6.07) is 12.0. The highest BCUT2D eigenvalue weighted by Crippen LogP contribution is 2.19. The maximum Gasteiger partial charge on any atom is 0.255 e. The molecule has 0 aliphatic rings. The van der Waals surface area contributed by atoms with E-state index in [9.17, 15) is 4.79 Å². The Morgan fingerprint density at radius 1 is 1.29 bits per heavy atom. The first kappa shape index (κ1) is 15.6. The molecule has 0 aliphatic heterocycles. The van der Waals surface area contributed by atoms with Crippen LogP contribution in [0.4, 0.5) is 0 Å². The molecule has 1 heterocycles. The van der Waals surface area contributed by atoms with E-state index in [1.807, 2.05) is 30.9 Å². The zero-order chi connectivity index (χ0) is 15.2. The van der Waals surface area contributed by atoms with E-state index in [-0.39, 0.29) is 11.9 Å². The van der Waals surface area contributed by atoms with Gasteiger partial charge >= 0.3 is 0 Å². The van der Waals surface area contributed by atoms with Gasteiger partial charge < -0.3 is 4.90 Å². The molecule has 110 valence electrons. The minimum atomic E-state index is 0.0210. The van der Waals surface area contributed by atoms with Crippen molar-refractivity contribution in [2.24, 2.45) is 0 Å². The second-order valence-electron chi connectivity index (χ2n) is 5.12. The molecule has 0 bridgehead atoms. The number of hydrogen-bond donors (Lipinski definition) is 0. The molecule has 0 radical (unpaired) electrons. The van der Waals surface area contributed by atoms with Crippen LogP contribution in [0.25, 0.3) is 0 Å². The number of amides is 1. The topological polar surface area (TPSA) is 33.2 Å². The van der Waals surface area contributed by atoms with Crippen LogP contribution in [0.15, 0.2) is 53.7 Å². The third-order valence-electron chi connectivity index (χ3n) is 3.28. The van der Waals surface area contributed by atoms with Gasteiger partial charge in [-0.2, -0.15) is 0 Å². The smallest absolute Gasteiger partial charge is 0.255 e. The predicted octanol–water partition coefficient (Wildman–Crippen LogP) is 3.85. The molecule has 1 amide bonds. The first-order valence-corrected chi connectivity index (χ1v) is 8.18. The van der Waals surface area contributed by atoms with Crippen LogP contribution < -0.4 is 0 Å². The average Bonchev–Trinajstić information content (AvgIpc) is 2.52. The second-order valence-corrected chi connectivity index (χ2v) is 6.00. The summed E-state index contributed by atoms with van der Waals surface area (Å²) < 4.78 is 0. The van der Waals surface area contributed by atoms with E-state index < -0.39 is 0 Å². The van der Waals surface area contributed by atoms with Gasteiger partial charge in [-0.1, -0.05) is 12.1 Å². The molecular weight excluding hydrogens is 280 g/mol. The van der Waals surface area contributed by atoms with Gasteiger partial charge in [0.2, 0.25) is 0 Å². The van der Waals surface area contributed by atoms with Gasteiger partial charge in [-0.05, 0) is 49.9 Å². The van der Waals surface area contributed by atoms with Crippen molar-refractivity contribution >= 4 is 17.7 Å². The number of pyridine rings is 1. The van der Waals surface area contributed by atoms with Crippen molar-refractivity contribution < 1.29 is 4.79 Å². The number of nitrogens with zero attached hydrogens (tertiary/aromatic N) is 2. The summed E-state index contributed by atoms with van der Waals surface area (Å²) in [4.78, 5) is 19.7. The molecule has 0 atom stereocenters. The summed E-state index contributed by atoms with van der Waals surface area (Å²) in [7, 11) is 0. The summed E-state index contributed by atoms with van der Waals surface area (Å²) in [6.45, 7) is 4.68. The molecule has 0 N–H and O–H groups in total. The van der Waals surface area contributed by atoms with E-state index in [1.54, 1.807) is 30.2 Å². The van der Waals surface area contributed by atoms with Crippen LogP contribution in [-0.2, 0) is 6.54 Å². The number of hydrogen-bond acceptors (Lipinski definition) is 3. The number of carbonyl (C=O) groups excluding carboxylic acids is 1. The van der Waals surface area contributed by atoms with Gasteiger partial charge in [-0.15, -0.1) is 11.8 Å². The molecule has 0 unspecified atom stereocenters. The molecule has 0 saturated heterocycles. The fourth-order valence-electron chi connectivity index (χ4n) is 2.11. The predicted molar refractivity (Wildman–Crippen MR) is 87.5 cm³/mol. The Kier molecular flexibility index (Phi) is 5.39. The zero-order valence-corrected chi connectivity index (χ0v) is 13.4. The van der Waals surface area contributed by atoms with Gasteiger partial charge in [0.15, 0.2) is 0 Å². The second kappa shape index (κ2) is 7.27. The van der Waals surface area contributed by atoms with Crippen molar-refractivity contribution in [2.45, 2.75) is 31.3 Å². The summed E-state index contributed by atoms with van der Waals surface area (Å²) >= 11 is 1.71. The molecule has 3 nitrogen and oxygen atoms in total. The maximum absolute atomic E-state index is 12.6. The Balaban J connectivity index is 2.21. The molecule has 21 heavy (non-hydrogen) atoms. The quantitative estimate of drug-likeness (QED) is 0.786. The Bertz CT molecular complexity index is 599. The van der Waals surface area contributed by atoms with Gasteiger partial charge in [0, 0.05) is 29.9 Å². The fourth-order valence-corrected chi connectivity index (χ4v) is 2.60. The van der Waals surface area contributed by atoms with Crippen molar-refractivity contribution in [1.82, 2.24) is 9.88 Å². The van der Waals surface area contributed by atoms with Crippen molar-refractivity contribution in [3.63, 3.8) is 0 Å². The van der Waals surface area contributed by atoms with E-state index in [4.69, 9.17) is 0 Å². The van der Waals surface area contributed by atoms with Crippen LogP contribution in [0.2, 0.25) is 0 Å². The molecule has 0 spiro atoms. The highest BCUT2D eigenvalue weighted by Gasteiger charge is 2.19. The lowest BCUT2D eigenvalue weighted by Crippen LogP contribution is -2.36. The third-order valence-corrected chi connectivity index (χ3v) is 4.01. The Labute approximate surface area is 130 Å². The van der Waals surface area contributed by atoms with Gasteiger partial charge in [-0.3, -0.25) is 9.78 Å². The zero-order valence-electron chi connectivity index (χ0n) is 12.6. The number of aromatic nitrogens is 1. The molecular formula is C17H20N2OS. The van der Waals surface area contributed by atoms with Crippen LogP contribution in [-0.4, -0.2) is 28.1 Å². The first-order chi connectivity index (χ1) is 10.1. The molecule has 4 heteroatoms. The molecule has 1 aromatic carbocycles. The van der Waals surface area contributed by atoms with E-state index in [2.05, 4.69) is 29.4 Å². The SMILES string of the molecule is CSc1cccc(CN(C(=O)c2cccnc2)C(C)C)c1. The summed E-state index contributed by atoms with van der Waals surface area (Å²) in [5.74, 6) is 0.0210. The van der Waals surface area contributed by atoms with Crippen LogP contribution in [0.1, 0.15) is 29.8 Å². The lowest BCUT2D eigenvalue weighted by Gasteiger charge is -2.27. The van der Waals surface area contributed by atoms with Crippen molar-refractivity contribution in [3.8, 4) is 0 Å². The molecule has 0 fully saturated rings. The highest BCUT2D eigenvalue weighted by atomic mass is 32.2. The van der Waals surface area contributed by atoms with Crippen LogP contribution in [0.5, 0.6) is 0 Å². The monoisotopic (exact) mass is 300 g/mol. The normalized spacial score (nSPS) is 10.7. The average molecular weight is 300 g/mol. The largest absolute Gasteiger partial charge is 0.332 e. The third kappa shape index (κ3) is 4.08. The van der Waals surface area contributed by atoms with Crippen molar-refractivity contribution in [2.75, 3.05) is 6.26 Å². The minimum Gasteiger partial charge on any atom is -0.332 e. The standard InChI is InChI=1S/C17H20N2OS/c1-13(2)19(17(20)15-7-5-9-18-11-15)12-14-6-4-8-16(10-14)21-3/h4-11,13H,12H2,1-3H3. The summed E-state index contributed by atoms with van der Waals surface area (Å²) in [6.07, 6.45) is 5.36. The van der Waals surface area contributed by atoms with Gasteiger partial charge in [0.25, 0.3) is 5.91 Å².